The lowest BCUT2D eigenvalue weighted by Crippen LogP contribution is -2.37. The van der Waals surface area contributed by atoms with Gasteiger partial charge in [0, 0.05) is 45.6 Å². The third-order valence-corrected chi connectivity index (χ3v) is 7.62. The van der Waals surface area contributed by atoms with Gasteiger partial charge < -0.3 is 9.80 Å². The summed E-state index contributed by atoms with van der Waals surface area (Å²) in [5.74, 6) is 0. The van der Waals surface area contributed by atoms with E-state index in [1.54, 1.807) is 0 Å². The molecule has 0 spiro atoms. The molecule has 0 bridgehead atoms. The molecule has 0 saturated heterocycles. The number of aromatic nitrogens is 3. The average molecular weight is 527 g/mol. The molecule has 6 rings (SSSR count). The standard InChI is InChI=1S/C35H36N5/c1-37(2)28-19-13-26(14-20-28)17-23-31-25-32(24-18-27-15-21-29(22-16-27)38(3)4)40-35(33-11-8-12-34(33)36-40)39(31)30-9-6-5-7-10-30/h5-7,9-10,13-25H,8,11-12H2,1-4H3/q+1. The summed E-state index contributed by atoms with van der Waals surface area (Å²) in [6.07, 6.45) is 12.1. The van der Waals surface area contributed by atoms with Gasteiger partial charge in [0.1, 0.15) is 11.4 Å². The second-order valence-corrected chi connectivity index (χ2v) is 10.8. The highest BCUT2D eigenvalue weighted by molar-refractivity contribution is 5.74. The molecule has 5 aromatic rings. The third-order valence-electron chi connectivity index (χ3n) is 7.62. The molecule has 3 aromatic carbocycles. The van der Waals surface area contributed by atoms with E-state index in [0.717, 1.165) is 47.5 Å². The van der Waals surface area contributed by atoms with Crippen molar-refractivity contribution >= 4 is 41.3 Å². The first-order chi connectivity index (χ1) is 19.5. The Hall–Kier alpha value is -4.64. The zero-order valence-corrected chi connectivity index (χ0v) is 23.7. The summed E-state index contributed by atoms with van der Waals surface area (Å²) in [5.41, 5.74) is 11.8. The van der Waals surface area contributed by atoms with E-state index in [1.807, 2.05) is 0 Å². The van der Waals surface area contributed by atoms with Gasteiger partial charge in [-0.1, -0.05) is 64.2 Å². The molecule has 0 amide bonds. The maximum absolute atomic E-state index is 5.12. The quantitative estimate of drug-likeness (QED) is 0.225. The van der Waals surface area contributed by atoms with E-state index < -0.39 is 0 Å². The predicted molar refractivity (Wildman–Crippen MR) is 168 cm³/mol. The minimum atomic E-state index is 1.03. The fraction of sp³-hybridized carbons (Fsp3) is 0.200. The van der Waals surface area contributed by atoms with Gasteiger partial charge in [0.2, 0.25) is 0 Å². The molecule has 0 N–H and O–H groups in total. The lowest BCUT2D eigenvalue weighted by Gasteiger charge is -2.12. The predicted octanol–water partition coefficient (Wildman–Crippen LogP) is 6.57. The van der Waals surface area contributed by atoms with Crippen LogP contribution in [0.2, 0.25) is 0 Å². The normalized spacial score (nSPS) is 13.0. The Kier molecular flexibility index (Phi) is 6.95. The Morgan fingerprint density at radius 2 is 1.30 bits per heavy atom. The van der Waals surface area contributed by atoms with Crippen molar-refractivity contribution in [3.63, 3.8) is 0 Å². The molecule has 0 atom stereocenters. The number of aryl methyl sites for hydroxylation is 2. The van der Waals surface area contributed by atoms with E-state index in [1.165, 1.54) is 28.2 Å². The monoisotopic (exact) mass is 526 g/mol. The van der Waals surface area contributed by atoms with E-state index in [4.69, 9.17) is 5.10 Å². The topological polar surface area (TPSA) is 27.7 Å². The van der Waals surface area contributed by atoms with Crippen LogP contribution in [-0.2, 0) is 12.8 Å². The summed E-state index contributed by atoms with van der Waals surface area (Å²) in [6.45, 7) is 0. The van der Waals surface area contributed by atoms with Gasteiger partial charge in [-0.15, -0.1) is 0 Å². The maximum Gasteiger partial charge on any atom is 0.318 e. The summed E-state index contributed by atoms with van der Waals surface area (Å²) < 4.78 is 4.51. The van der Waals surface area contributed by atoms with Crippen LogP contribution in [0.15, 0.2) is 84.9 Å². The first-order valence-corrected chi connectivity index (χ1v) is 13.9. The maximum atomic E-state index is 5.12. The Bertz CT molecular complexity index is 1690. The third kappa shape index (κ3) is 5.03. The average Bonchev–Trinajstić information content (AvgIpc) is 3.58. The molecule has 0 aliphatic heterocycles. The van der Waals surface area contributed by atoms with Gasteiger partial charge in [0.05, 0.1) is 11.3 Å². The number of nitrogens with zero attached hydrogens (tertiary/aromatic N) is 5. The fourth-order valence-corrected chi connectivity index (χ4v) is 5.40. The Labute approximate surface area is 236 Å². The van der Waals surface area contributed by atoms with Crippen LogP contribution in [0.5, 0.6) is 0 Å². The van der Waals surface area contributed by atoms with Gasteiger partial charge in [-0.3, -0.25) is 0 Å². The zero-order chi connectivity index (χ0) is 27.6. The summed E-state index contributed by atoms with van der Waals surface area (Å²) in [7, 11) is 8.27. The van der Waals surface area contributed by atoms with Gasteiger partial charge in [-0.05, 0) is 78.9 Å². The molecule has 0 radical (unpaired) electrons. The number of benzene rings is 3. The highest BCUT2D eigenvalue weighted by atomic mass is 15.3. The molecule has 2 aromatic heterocycles. The van der Waals surface area contributed by atoms with E-state index >= 15 is 0 Å². The smallest absolute Gasteiger partial charge is 0.318 e. The van der Waals surface area contributed by atoms with Crippen LogP contribution >= 0.6 is 0 Å². The lowest BCUT2D eigenvalue weighted by molar-refractivity contribution is -0.573. The van der Waals surface area contributed by atoms with E-state index in [0.29, 0.717) is 0 Å². The van der Waals surface area contributed by atoms with Gasteiger partial charge in [0.25, 0.3) is 0 Å². The molecule has 200 valence electrons. The summed E-state index contributed by atoms with van der Waals surface area (Å²) in [6, 6.07) is 30.2. The van der Waals surface area contributed by atoms with Crippen LogP contribution < -0.4 is 14.4 Å². The van der Waals surface area contributed by atoms with E-state index in [2.05, 4.69) is 156 Å². The van der Waals surface area contributed by atoms with Crippen molar-refractivity contribution in [3.05, 3.63) is 119 Å². The molecule has 5 heteroatoms. The molecular weight excluding hydrogens is 490 g/mol. The van der Waals surface area contributed by atoms with Crippen LogP contribution in [0.25, 0.3) is 35.6 Å². The number of fused-ring (bicyclic) bond motifs is 3. The largest absolute Gasteiger partial charge is 0.378 e. The first kappa shape index (κ1) is 25.6. The van der Waals surface area contributed by atoms with Gasteiger partial charge in [-0.25, -0.2) is 0 Å². The molecule has 0 unspecified atom stereocenters. The van der Waals surface area contributed by atoms with Crippen LogP contribution in [-0.4, -0.2) is 37.8 Å². The SMILES string of the molecule is CN(C)c1ccc(C=Cc2cc(C=Cc3ccc(N(C)C)cc3)[n+](-c3ccccc3)c3c4c(nn23)CCC4)cc1. The van der Waals surface area contributed by atoms with Crippen molar-refractivity contribution in [3.8, 4) is 5.69 Å². The highest BCUT2D eigenvalue weighted by Crippen LogP contribution is 2.27. The fourth-order valence-electron chi connectivity index (χ4n) is 5.40. The van der Waals surface area contributed by atoms with Crippen molar-refractivity contribution in [2.75, 3.05) is 38.0 Å². The summed E-state index contributed by atoms with van der Waals surface area (Å²) in [5, 5.41) is 5.12. The number of anilines is 2. The van der Waals surface area contributed by atoms with Crippen molar-refractivity contribution in [1.29, 1.82) is 0 Å². The van der Waals surface area contributed by atoms with Gasteiger partial charge in [-0.2, -0.15) is 4.57 Å². The van der Waals surface area contributed by atoms with E-state index in [9.17, 15) is 0 Å². The highest BCUT2D eigenvalue weighted by Gasteiger charge is 2.30. The van der Waals surface area contributed by atoms with Gasteiger partial charge in [0.15, 0.2) is 5.69 Å². The van der Waals surface area contributed by atoms with Crippen molar-refractivity contribution in [1.82, 2.24) is 9.61 Å². The second kappa shape index (κ2) is 10.9. The van der Waals surface area contributed by atoms with Crippen LogP contribution in [0.3, 0.4) is 0 Å². The molecule has 0 saturated carbocycles. The molecule has 5 nitrogen and oxygen atoms in total. The number of para-hydroxylation sites is 1. The molecule has 40 heavy (non-hydrogen) atoms. The number of hydrogen-bond donors (Lipinski definition) is 0. The van der Waals surface area contributed by atoms with Crippen molar-refractivity contribution < 1.29 is 4.57 Å². The van der Waals surface area contributed by atoms with Crippen molar-refractivity contribution in [2.24, 2.45) is 0 Å². The first-order valence-electron chi connectivity index (χ1n) is 13.9. The Morgan fingerprint density at radius 3 is 1.90 bits per heavy atom. The molecule has 1 aliphatic carbocycles. The molecule has 0 fully saturated rings. The molecule has 1 aliphatic rings. The molecule has 2 heterocycles. The van der Waals surface area contributed by atoms with Crippen LogP contribution in [0.1, 0.15) is 40.2 Å². The number of rotatable bonds is 7. The van der Waals surface area contributed by atoms with Crippen LogP contribution in [0.4, 0.5) is 11.4 Å². The van der Waals surface area contributed by atoms with Gasteiger partial charge >= 0.3 is 5.65 Å². The molecular formula is C35H36N5+. The summed E-state index contributed by atoms with van der Waals surface area (Å²) in [4.78, 5) is 4.24. The summed E-state index contributed by atoms with van der Waals surface area (Å²) >= 11 is 0. The van der Waals surface area contributed by atoms with Crippen molar-refractivity contribution in [2.45, 2.75) is 19.3 Å². The number of hydrogen-bond acceptors (Lipinski definition) is 3. The Morgan fingerprint density at radius 1 is 0.700 bits per heavy atom. The Balaban J connectivity index is 1.50. The second-order valence-electron chi connectivity index (χ2n) is 10.8. The lowest BCUT2D eigenvalue weighted by atomic mass is 10.1. The van der Waals surface area contributed by atoms with Crippen LogP contribution in [0, 0.1) is 0 Å². The van der Waals surface area contributed by atoms with E-state index in [-0.39, 0.29) is 0 Å². The zero-order valence-electron chi connectivity index (χ0n) is 23.7. The minimum absolute atomic E-state index is 1.03. The minimum Gasteiger partial charge on any atom is -0.378 e.